The van der Waals surface area contributed by atoms with Gasteiger partial charge in [-0.2, -0.15) is 0 Å². The van der Waals surface area contributed by atoms with Gasteiger partial charge in [0.25, 0.3) is 0 Å². The van der Waals surface area contributed by atoms with E-state index in [1.54, 1.807) is 0 Å². The van der Waals surface area contributed by atoms with E-state index in [1.807, 2.05) is 18.2 Å². The van der Waals surface area contributed by atoms with Gasteiger partial charge in [0.05, 0.1) is 5.70 Å². The van der Waals surface area contributed by atoms with E-state index in [-0.39, 0.29) is 11.8 Å². The Morgan fingerprint density at radius 3 is 2.53 bits per heavy atom. The fourth-order valence-electron chi connectivity index (χ4n) is 2.03. The average Bonchev–Trinajstić information content (AvgIpc) is 3.28. The molecule has 96 valence electrons. The normalized spacial score (nSPS) is 14.1. The molecule has 0 bridgehead atoms. The topological polar surface area (TPSA) is 41.1 Å². The van der Waals surface area contributed by atoms with E-state index in [1.165, 1.54) is 5.39 Å². The van der Waals surface area contributed by atoms with Crippen LogP contribution in [0.25, 0.3) is 16.5 Å². The quantitative estimate of drug-likeness (QED) is 0.821. The molecule has 3 heteroatoms. The van der Waals surface area contributed by atoms with Gasteiger partial charge < -0.3 is 0 Å². The monoisotopic (exact) mass is 252 g/mol. The lowest BCUT2D eigenvalue weighted by molar-refractivity contribution is -0.122. The van der Waals surface area contributed by atoms with Crippen LogP contribution in [0, 0.1) is 5.92 Å². The van der Waals surface area contributed by atoms with Gasteiger partial charge in [-0.15, -0.1) is 0 Å². The number of benzene rings is 2. The molecule has 0 saturated heterocycles. The molecule has 1 aliphatic carbocycles. The van der Waals surface area contributed by atoms with E-state index in [0.717, 1.165) is 23.8 Å². The van der Waals surface area contributed by atoms with Crippen molar-refractivity contribution in [1.82, 2.24) is 10.9 Å². The highest BCUT2D eigenvalue weighted by atomic mass is 16.2. The molecule has 1 amide bonds. The molecule has 3 nitrogen and oxygen atoms in total. The number of rotatable bonds is 4. The summed E-state index contributed by atoms with van der Waals surface area (Å²) in [6, 6.07) is 14.3. The zero-order valence-electron chi connectivity index (χ0n) is 10.6. The van der Waals surface area contributed by atoms with E-state index in [9.17, 15) is 4.79 Å². The molecule has 0 radical (unpaired) electrons. The summed E-state index contributed by atoms with van der Waals surface area (Å²) in [7, 11) is 0. The molecule has 0 aliphatic heterocycles. The zero-order chi connectivity index (χ0) is 13.2. The standard InChI is InChI=1S/C16H16N2O/c1-11(17-18-16(19)13-7-8-13)14-9-6-12-4-2-3-5-15(12)10-14/h2-6,9-10,13,17H,1,7-8H2,(H,18,19). The Balaban J connectivity index is 1.71. The van der Waals surface area contributed by atoms with E-state index < -0.39 is 0 Å². The fourth-order valence-corrected chi connectivity index (χ4v) is 2.03. The molecule has 3 rings (SSSR count). The number of hydrogen-bond acceptors (Lipinski definition) is 2. The Labute approximate surface area is 112 Å². The van der Waals surface area contributed by atoms with Crippen LogP contribution < -0.4 is 10.9 Å². The zero-order valence-corrected chi connectivity index (χ0v) is 10.6. The van der Waals surface area contributed by atoms with Crippen LogP contribution in [0.3, 0.4) is 0 Å². The Hall–Kier alpha value is -2.29. The van der Waals surface area contributed by atoms with Crippen molar-refractivity contribution in [2.75, 3.05) is 0 Å². The minimum Gasteiger partial charge on any atom is -0.299 e. The van der Waals surface area contributed by atoms with Gasteiger partial charge in [0, 0.05) is 5.92 Å². The third kappa shape index (κ3) is 2.60. The summed E-state index contributed by atoms with van der Waals surface area (Å²) in [4.78, 5) is 11.5. The van der Waals surface area contributed by atoms with E-state index in [4.69, 9.17) is 0 Å². The minimum absolute atomic E-state index is 0.0574. The maximum atomic E-state index is 11.5. The second-order valence-corrected chi connectivity index (χ2v) is 4.93. The average molecular weight is 252 g/mol. The molecule has 0 atom stereocenters. The first-order valence-electron chi connectivity index (χ1n) is 6.48. The number of nitrogens with one attached hydrogen (secondary N) is 2. The molecule has 0 spiro atoms. The highest BCUT2D eigenvalue weighted by molar-refractivity contribution is 5.86. The molecule has 0 unspecified atom stereocenters. The molecule has 0 aromatic heterocycles. The van der Waals surface area contributed by atoms with Crippen LogP contribution >= 0.6 is 0 Å². The maximum absolute atomic E-state index is 11.5. The Bertz CT molecular complexity index is 644. The first-order valence-corrected chi connectivity index (χ1v) is 6.48. The summed E-state index contributed by atoms with van der Waals surface area (Å²) < 4.78 is 0. The lowest BCUT2D eigenvalue weighted by Crippen LogP contribution is -2.36. The van der Waals surface area contributed by atoms with Crippen LogP contribution in [0.1, 0.15) is 18.4 Å². The molecule has 2 aromatic rings. The number of carbonyl (C=O) groups is 1. The Morgan fingerprint density at radius 2 is 1.79 bits per heavy atom. The lowest BCUT2D eigenvalue weighted by Gasteiger charge is -2.11. The summed E-state index contributed by atoms with van der Waals surface area (Å²) in [5, 5.41) is 2.36. The van der Waals surface area contributed by atoms with Crippen LogP contribution in [0.5, 0.6) is 0 Å². The third-order valence-electron chi connectivity index (χ3n) is 3.38. The van der Waals surface area contributed by atoms with Gasteiger partial charge in [-0.1, -0.05) is 43.0 Å². The van der Waals surface area contributed by atoms with Gasteiger partial charge in [0.2, 0.25) is 5.91 Å². The van der Waals surface area contributed by atoms with Crippen molar-refractivity contribution in [2.45, 2.75) is 12.8 Å². The largest absolute Gasteiger partial charge is 0.299 e. The van der Waals surface area contributed by atoms with Crippen molar-refractivity contribution in [1.29, 1.82) is 0 Å². The number of hydrazine groups is 1. The van der Waals surface area contributed by atoms with Crippen molar-refractivity contribution in [3.8, 4) is 0 Å². The van der Waals surface area contributed by atoms with Crippen LogP contribution in [-0.4, -0.2) is 5.91 Å². The van der Waals surface area contributed by atoms with Gasteiger partial charge in [-0.05, 0) is 35.2 Å². The summed E-state index contributed by atoms with van der Waals surface area (Å²) in [6.45, 7) is 3.96. The predicted molar refractivity (Wildman–Crippen MR) is 77.0 cm³/mol. The Morgan fingerprint density at radius 1 is 1.05 bits per heavy atom. The fraction of sp³-hybridized carbons (Fsp3) is 0.188. The molecule has 2 aromatic carbocycles. The van der Waals surface area contributed by atoms with Crippen molar-refractivity contribution >= 4 is 22.4 Å². The number of hydrogen-bond donors (Lipinski definition) is 2. The Kier molecular flexibility index (Phi) is 2.95. The van der Waals surface area contributed by atoms with Crippen LogP contribution in [-0.2, 0) is 4.79 Å². The first-order chi connectivity index (χ1) is 9.24. The number of fused-ring (bicyclic) bond motifs is 1. The number of carbonyl (C=O) groups excluding carboxylic acids is 1. The SMILES string of the molecule is C=C(NNC(=O)C1CC1)c1ccc2ccccc2c1. The summed E-state index contributed by atoms with van der Waals surface area (Å²) in [6.07, 6.45) is 1.99. The van der Waals surface area contributed by atoms with Gasteiger partial charge in [0.1, 0.15) is 0 Å². The third-order valence-corrected chi connectivity index (χ3v) is 3.38. The van der Waals surface area contributed by atoms with E-state index in [0.29, 0.717) is 5.70 Å². The summed E-state index contributed by atoms with van der Waals surface area (Å²) in [5.41, 5.74) is 7.28. The van der Waals surface area contributed by atoms with Gasteiger partial charge in [0.15, 0.2) is 0 Å². The van der Waals surface area contributed by atoms with Gasteiger partial charge in [-0.3, -0.25) is 15.6 Å². The first kappa shape index (κ1) is 11.8. The van der Waals surface area contributed by atoms with E-state index in [2.05, 4.69) is 41.7 Å². The van der Waals surface area contributed by atoms with Crippen molar-refractivity contribution in [3.05, 3.63) is 54.6 Å². The predicted octanol–water partition coefficient (Wildman–Crippen LogP) is 2.84. The highest BCUT2D eigenvalue weighted by Gasteiger charge is 2.29. The number of amides is 1. The molecule has 2 N–H and O–H groups in total. The van der Waals surface area contributed by atoms with Crippen LogP contribution in [0.15, 0.2) is 49.0 Å². The summed E-state index contributed by atoms with van der Waals surface area (Å²) >= 11 is 0. The second kappa shape index (κ2) is 4.76. The molecule has 1 fully saturated rings. The second-order valence-electron chi connectivity index (χ2n) is 4.93. The van der Waals surface area contributed by atoms with E-state index >= 15 is 0 Å². The van der Waals surface area contributed by atoms with Gasteiger partial charge >= 0.3 is 0 Å². The van der Waals surface area contributed by atoms with Crippen LogP contribution in [0.2, 0.25) is 0 Å². The molecular formula is C16H16N2O. The van der Waals surface area contributed by atoms with Gasteiger partial charge in [-0.25, -0.2) is 0 Å². The molecular weight excluding hydrogens is 236 g/mol. The molecule has 1 aliphatic rings. The molecule has 19 heavy (non-hydrogen) atoms. The molecule has 1 saturated carbocycles. The van der Waals surface area contributed by atoms with Crippen molar-refractivity contribution in [3.63, 3.8) is 0 Å². The van der Waals surface area contributed by atoms with Crippen LogP contribution in [0.4, 0.5) is 0 Å². The smallest absolute Gasteiger partial charge is 0.241 e. The highest BCUT2D eigenvalue weighted by Crippen LogP contribution is 2.28. The maximum Gasteiger partial charge on any atom is 0.241 e. The molecule has 0 heterocycles. The lowest BCUT2D eigenvalue weighted by atomic mass is 10.1. The summed E-state index contributed by atoms with van der Waals surface area (Å²) in [5.74, 6) is 0.249. The van der Waals surface area contributed by atoms with Crippen molar-refractivity contribution in [2.24, 2.45) is 5.92 Å². The minimum atomic E-state index is 0.0574. The van der Waals surface area contributed by atoms with Crippen molar-refractivity contribution < 1.29 is 4.79 Å².